The molecule has 4 aromatic rings. The van der Waals surface area contributed by atoms with Crippen molar-refractivity contribution >= 4 is 50.7 Å². The Kier molecular flexibility index (Phi) is 12.3. The van der Waals surface area contributed by atoms with Crippen LogP contribution in [0, 0.1) is 12.8 Å². The summed E-state index contributed by atoms with van der Waals surface area (Å²) in [7, 11) is -2.92. The molecule has 0 aliphatic rings. The average Bonchev–Trinajstić information content (AvgIpc) is 3.04. The Hall–Kier alpha value is -4.05. The van der Waals surface area contributed by atoms with E-state index in [9.17, 15) is 18.0 Å². The molecule has 0 aliphatic heterocycles. The molecule has 47 heavy (non-hydrogen) atoms. The van der Waals surface area contributed by atoms with Crippen LogP contribution in [0.1, 0.15) is 30.5 Å². The van der Waals surface area contributed by atoms with Crippen molar-refractivity contribution in [3.05, 3.63) is 124 Å². The van der Waals surface area contributed by atoms with Crippen LogP contribution < -0.4 is 14.4 Å². The molecule has 0 heterocycles. The number of methoxy groups -OCH3 is 1. The van der Waals surface area contributed by atoms with E-state index in [0.717, 1.165) is 15.4 Å². The molecule has 1 N–H and O–H groups in total. The maximum atomic E-state index is 14.6. The molecule has 248 valence electrons. The van der Waals surface area contributed by atoms with Gasteiger partial charge in [-0.3, -0.25) is 13.9 Å². The van der Waals surface area contributed by atoms with Gasteiger partial charge in [-0.05, 0) is 66.4 Å². The lowest BCUT2D eigenvalue weighted by molar-refractivity contribution is -0.140. The number of benzene rings is 4. The number of sulfonamides is 1. The van der Waals surface area contributed by atoms with Crippen LogP contribution in [0.4, 0.5) is 5.69 Å². The predicted octanol–water partition coefficient (Wildman–Crippen LogP) is 6.92. The highest BCUT2D eigenvalue weighted by molar-refractivity contribution is 7.92. The lowest BCUT2D eigenvalue weighted by atomic mass is 10.0. The Morgan fingerprint density at radius 3 is 2.15 bits per heavy atom. The first-order valence-corrected chi connectivity index (χ1v) is 17.4. The minimum Gasteiger partial charge on any atom is -0.495 e. The van der Waals surface area contributed by atoms with Crippen molar-refractivity contribution in [3.63, 3.8) is 0 Å². The highest BCUT2D eigenvalue weighted by atomic mass is 35.5. The summed E-state index contributed by atoms with van der Waals surface area (Å²) in [6.45, 7) is 5.56. The minimum atomic E-state index is -4.33. The Morgan fingerprint density at radius 2 is 1.51 bits per heavy atom. The molecule has 0 unspecified atom stereocenters. The van der Waals surface area contributed by atoms with Gasteiger partial charge in [0.15, 0.2) is 0 Å². The normalized spacial score (nSPS) is 12.0. The summed E-state index contributed by atoms with van der Waals surface area (Å²) in [6, 6.07) is 26.3. The van der Waals surface area contributed by atoms with Gasteiger partial charge in [0.2, 0.25) is 11.8 Å². The summed E-state index contributed by atoms with van der Waals surface area (Å²) in [5, 5.41) is 3.70. The predicted molar refractivity (Wildman–Crippen MR) is 187 cm³/mol. The first-order chi connectivity index (χ1) is 22.4. The molecule has 4 rings (SSSR count). The lowest BCUT2D eigenvalue weighted by Gasteiger charge is -2.34. The van der Waals surface area contributed by atoms with Gasteiger partial charge in [-0.15, -0.1) is 0 Å². The SMILES string of the molecule is COc1ccc(Cl)cc1N(CC(=O)N(Cc1cccc(Cl)c1)[C@H](Cc1ccccc1)C(=O)NCC(C)C)S(=O)(=O)c1ccc(C)cc1. The van der Waals surface area contributed by atoms with E-state index < -0.39 is 28.5 Å². The van der Waals surface area contributed by atoms with E-state index in [0.29, 0.717) is 17.1 Å². The second-order valence-corrected chi connectivity index (χ2v) is 14.4. The second-order valence-electron chi connectivity index (χ2n) is 11.6. The van der Waals surface area contributed by atoms with Crippen LogP contribution in [-0.2, 0) is 32.6 Å². The lowest BCUT2D eigenvalue weighted by Crippen LogP contribution is -2.53. The zero-order chi connectivity index (χ0) is 34.1. The molecule has 0 fully saturated rings. The van der Waals surface area contributed by atoms with Crippen LogP contribution in [0.3, 0.4) is 0 Å². The Labute approximate surface area is 287 Å². The first-order valence-electron chi connectivity index (χ1n) is 15.2. The molecule has 0 aliphatic carbocycles. The van der Waals surface area contributed by atoms with Crippen LogP contribution in [0.15, 0.2) is 102 Å². The van der Waals surface area contributed by atoms with Gasteiger partial charge in [-0.25, -0.2) is 8.42 Å². The molecular formula is C36H39Cl2N3O5S. The van der Waals surface area contributed by atoms with Crippen molar-refractivity contribution < 1.29 is 22.7 Å². The summed E-state index contributed by atoms with van der Waals surface area (Å²) in [4.78, 5) is 29.9. The maximum absolute atomic E-state index is 14.6. The molecule has 2 amide bonds. The molecule has 0 aromatic heterocycles. The van der Waals surface area contributed by atoms with Crippen molar-refractivity contribution in [2.45, 2.75) is 44.7 Å². The van der Waals surface area contributed by atoms with Crippen LogP contribution in [-0.4, -0.2) is 51.4 Å². The minimum absolute atomic E-state index is 0.00288. The largest absolute Gasteiger partial charge is 0.495 e. The van der Waals surface area contributed by atoms with Gasteiger partial charge < -0.3 is 15.0 Å². The van der Waals surface area contributed by atoms with Crippen LogP contribution in [0.5, 0.6) is 5.75 Å². The number of carbonyl (C=O) groups excluding carboxylic acids is 2. The Morgan fingerprint density at radius 1 is 0.851 bits per heavy atom. The second kappa shape index (κ2) is 16.2. The third kappa shape index (κ3) is 9.50. The summed E-state index contributed by atoms with van der Waals surface area (Å²) in [6.07, 6.45) is 0.197. The van der Waals surface area contributed by atoms with Crippen molar-refractivity contribution in [2.24, 2.45) is 5.92 Å². The van der Waals surface area contributed by atoms with E-state index in [2.05, 4.69) is 5.32 Å². The highest BCUT2D eigenvalue weighted by Crippen LogP contribution is 2.35. The number of anilines is 1. The molecule has 0 spiro atoms. The number of halogens is 2. The fourth-order valence-corrected chi connectivity index (χ4v) is 6.81. The van der Waals surface area contributed by atoms with Gasteiger partial charge in [0.1, 0.15) is 18.3 Å². The van der Waals surface area contributed by atoms with E-state index in [1.54, 1.807) is 48.5 Å². The molecule has 0 saturated heterocycles. The van der Waals surface area contributed by atoms with E-state index >= 15 is 0 Å². The van der Waals surface area contributed by atoms with Gasteiger partial charge in [-0.2, -0.15) is 0 Å². The smallest absolute Gasteiger partial charge is 0.264 e. The van der Waals surface area contributed by atoms with Crippen molar-refractivity contribution in [2.75, 3.05) is 24.5 Å². The third-order valence-electron chi connectivity index (χ3n) is 7.50. The highest BCUT2D eigenvalue weighted by Gasteiger charge is 2.35. The van der Waals surface area contributed by atoms with E-state index in [4.69, 9.17) is 27.9 Å². The number of amides is 2. The van der Waals surface area contributed by atoms with E-state index in [1.165, 1.54) is 30.2 Å². The van der Waals surface area contributed by atoms with Crippen molar-refractivity contribution in [1.82, 2.24) is 10.2 Å². The molecule has 1 atom stereocenters. The summed E-state index contributed by atoms with van der Waals surface area (Å²) in [5.41, 5.74) is 2.46. The Balaban J connectivity index is 1.85. The van der Waals surface area contributed by atoms with Gasteiger partial charge in [0, 0.05) is 29.6 Å². The Bertz CT molecular complexity index is 1780. The monoisotopic (exact) mass is 695 g/mol. The molecule has 0 bridgehead atoms. The summed E-state index contributed by atoms with van der Waals surface area (Å²) in [5.74, 6) is -0.594. The van der Waals surface area contributed by atoms with E-state index in [1.807, 2.05) is 51.1 Å². The number of rotatable bonds is 14. The number of nitrogens with zero attached hydrogens (tertiary/aromatic N) is 2. The topological polar surface area (TPSA) is 96.0 Å². The molecule has 11 heteroatoms. The van der Waals surface area contributed by atoms with Gasteiger partial charge in [0.25, 0.3) is 10.0 Å². The molecule has 0 radical (unpaired) electrons. The zero-order valence-corrected chi connectivity index (χ0v) is 29.1. The molecule has 0 saturated carbocycles. The van der Waals surface area contributed by atoms with Crippen LogP contribution in [0.2, 0.25) is 10.0 Å². The quantitative estimate of drug-likeness (QED) is 0.155. The van der Waals surface area contributed by atoms with Crippen LogP contribution >= 0.6 is 23.2 Å². The number of hydrogen-bond acceptors (Lipinski definition) is 5. The third-order valence-corrected chi connectivity index (χ3v) is 9.74. The molecule has 8 nitrogen and oxygen atoms in total. The van der Waals surface area contributed by atoms with Gasteiger partial charge in [-0.1, -0.05) is 97.2 Å². The standard InChI is InChI=1S/C36H39Cl2N3O5S/c1-25(2)22-39-36(43)33(20-27-9-6-5-7-10-27)40(23-28-11-8-12-29(37)19-28)35(42)24-41(32-21-30(38)15-18-34(32)46-4)47(44,45)31-16-13-26(3)14-17-31/h5-19,21,25,33H,20,22-24H2,1-4H3,(H,39,43)/t33-/m1/s1. The zero-order valence-electron chi connectivity index (χ0n) is 26.8. The fourth-order valence-electron chi connectivity index (χ4n) is 5.02. The fraction of sp³-hybridized carbons (Fsp3) is 0.278. The number of carbonyl (C=O) groups is 2. The van der Waals surface area contributed by atoms with Crippen molar-refractivity contribution in [3.8, 4) is 5.75 Å². The first kappa shape index (κ1) is 35.8. The number of ether oxygens (including phenoxy) is 1. The van der Waals surface area contributed by atoms with Gasteiger partial charge >= 0.3 is 0 Å². The maximum Gasteiger partial charge on any atom is 0.264 e. The van der Waals surface area contributed by atoms with Gasteiger partial charge in [0.05, 0.1) is 17.7 Å². The van der Waals surface area contributed by atoms with E-state index in [-0.39, 0.29) is 46.1 Å². The number of aryl methyl sites for hydroxylation is 1. The van der Waals surface area contributed by atoms with Crippen molar-refractivity contribution in [1.29, 1.82) is 0 Å². The van der Waals surface area contributed by atoms with Crippen LogP contribution in [0.25, 0.3) is 0 Å². The summed E-state index contributed by atoms with van der Waals surface area (Å²) < 4.78 is 35.2. The molecule has 4 aromatic carbocycles. The number of hydrogen-bond donors (Lipinski definition) is 1. The number of nitrogens with one attached hydrogen (secondary N) is 1. The average molecular weight is 697 g/mol. The molecular weight excluding hydrogens is 657 g/mol. The summed E-state index contributed by atoms with van der Waals surface area (Å²) >= 11 is 12.7.